The molecular formula is C53H60N4O13S. The summed E-state index contributed by atoms with van der Waals surface area (Å²) in [4.78, 5) is 67.5. The first kappa shape index (κ1) is 51.1. The van der Waals surface area contributed by atoms with Crippen molar-refractivity contribution in [2.45, 2.75) is 121 Å². The highest BCUT2D eigenvalue weighted by molar-refractivity contribution is 7.80. The maximum absolute atomic E-state index is 13.1. The summed E-state index contributed by atoms with van der Waals surface area (Å²) in [6.07, 6.45) is -5.71. The van der Waals surface area contributed by atoms with Gasteiger partial charge in [-0.3, -0.25) is 23.7 Å². The van der Waals surface area contributed by atoms with E-state index in [-0.39, 0.29) is 43.4 Å². The van der Waals surface area contributed by atoms with Gasteiger partial charge in [0.25, 0.3) is 0 Å². The number of thiocarbonyl (C=S) groups is 1. The molecule has 0 amide bonds. The standard InChI is InChI=1S/C53H60N4O13S/c1-31(59)64-30-45-50(66-33(3)61)51(67-34(4)62)49(65-32(2)60)43(68-45)26-46(71)54-27-35-14-20-39(21-15-35)52-69-44(28-56-24-22-40(23-25-56)57-42-13-9-8-12-41(42)55-53(57)63)47(37-10-6-5-7-11-37)48(70-52)38-18-16-36(29-58)17-19-38/h5-21,40,43-45,47-52,58H,22-30H2,1-4H3,(H,54,71)(H,55,63). The molecule has 4 aromatic carbocycles. The highest BCUT2D eigenvalue weighted by Gasteiger charge is 2.52. The van der Waals surface area contributed by atoms with Crippen LogP contribution in [0.5, 0.6) is 0 Å². The van der Waals surface area contributed by atoms with Gasteiger partial charge in [0, 0.05) is 77.8 Å². The van der Waals surface area contributed by atoms with Crippen LogP contribution in [0.4, 0.5) is 0 Å². The fourth-order valence-corrected chi connectivity index (χ4v) is 10.2. The molecule has 0 radical (unpaired) electrons. The average molecular weight is 993 g/mol. The molecule has 0 saturated carbocycles. The van der Waals surface area contributed by atoms with Crippen molar-refractivity contribution in [3.63, 3.8) is 0 Å². The van der Waals surface area contributed by atoms with Crippen molar-refractivity contribution in [2.75, 3.05) is 26.2 Å². The lowest BCUT2D eigenvalue weighted by Crippen LogP contribution is -2.62. The molecule has 3 aliphatic rings. The molecule has 5 aromatic rings. The molecule has 0 spiro atoms. The van der Waals surface area contributed by atoms with E-state index >= 15 is 0 Å². The molecule has 3 saturated heterocycles. The van der Waals surface area contributed by atoms with Gasteiger partial charge in [0.1, 0.15) is 18.8 Å². The number of nitrogens with one attached hydrogen (secondary N) is 2. The van der Waals surface area contributed by atoms with Crippen LogP contribution < -0.4 is 11.0 Å². The van der Waals surface area contributed by atoms with Crippen LogP contribution in [-0.2, 0) is 65.5 Å². The van der Waals surface area contributed by atoms with Crippen LogP contribution >= 0.6 is 12.2 Å². The van der Waals surface area contributed by atoms with E-state index in [0.717, 1.165) is 64.8 Å². The summed E-state index contributed by atoms with van der Waals surface area (Å²) in [5.41, 5.74) is 6.17. The molecule has 1 aromatic heterocycles. The zero-order valence-corrected chi connectivity index (χ0v) is 40.9. The number of ether oxygens (including phenoxy) is 7. The highest BCUT2D eigenvalue weighted by Crippen LogP contribution is 2.47. The number of aromatic amines is 1. The molecule has 0 bridgehead atoms. The fraction of sp³-hybridized carbons (Fsp3) is 0.434. The first-order valence-electron chi connectivity index (χ1n) is 23.9. The summed E-state index contributed by atoms with van der Waals surface area (Å²) in [6, 6.07) is 33.8. The Kier molecular flexibility index (Phi) is 16.8. The van der Waals surface area contributed by atoms with Gasteiger partial charge in [-0.05, 0) is 47.2 Å². The smallest absolute Gasteiger partial charge is 0.326 e. The number of aliphatic hydroxyl groups is 1. The first-order chi connectivity index (χ1) is 34.2. The maximum atomic E-state index is 13.1. The molecule has 18 heteroatoms. The summed E-state index contributed by atoms with van der Waals surface area (Å²) in [5.74, 6) is -2.93. The Labute approximate surface area is 416 Å². The molecule has 3 aliphatic heterocycles. The predicted molar refractivity (Wildman–Crippen MR) is 263 cm³/mol. The maximum Gasteiger partial charge on any atom is 0.326 e. The van der Waals surface area contributed by atoms with E-state index in [0.29, 0.717) is 18.1 Å². The number of piperidine rings is 1. The number of rotatable bonds is 16. The number of aliphatic hydroxyl groups excluding tert-OH is 1. The molecular weight excluding hydrogens is 933 g/mol. The number of hydrogen-bond acceptors (Lipinski definition) is 15. The van der Waals surface area contributed by atoms with Crippen molar-refractivity contribution in [1.29, 1.82) is 0 Å². The molecule has 8 rings (SSSR count). The van der Waals surface area contributed by atoms with Crippen LogP contribution in [-0.4, -0.2) is 111 Å². The number of nitrogens with zero attached hydrogens (tertiary/aromatic N) is 2. The number of H-pyrrole nitrogens is 1. The summed E-state index contributed by atoms with van der Waals surface area (Å²) >= 11 is 5.77. The van der Waals surface area contributed by atoms with Crippen molar-refractivity contribution in [2.24, 2.45) is 0 Å². The van der Waals surface area contributed by atoms with Crippen molar-refractivity contribution >= 4 is 52.1 Å². The van der Waals surface area contributed by atoms with Crippen molar-refractivity contribution in [3.8, 4) is 0 Å². The summed E-state index contributed by atoms with van der Waals surface area (Å²) < 4.78 is 44.1. The van der Waals surface area contributed by atoms with Crippen LogP contribution in [0.15, 0.2) is 108 Å². The minimum Gasteiger partial charge on any atom is -0.463 e. The largest absolute Gasteiger partial charge is 0.463 e. The monoisotopic (exact) mass is 992 g/mol. The number of para-hydroxylation sites is 2. The third-order valence-electron chi connectivity index (χ3n) is 13.2. The number of esters is 4. The van der Waals surface area contributed by atoms with Gasteiger partial charge in [-0.1, -0.05) is 103 Å². The summed E-state index contributed by atoms with van der Waals surface area (Å²) in [7, 11) is 0. The Morgan fingerprint density at radius 1 is 0.690 bits per heavy atom. The van der Waals surface area contributed by atoms with Crippen molar-refractivity contribution in [1.82, 2.24) is 19.8 Å². The molecule has 9 unspecified atom stereocenters. The SMILES string of the molecule is CC(=O)OCC1OC(CC(=S)NCc2ccc(C3OC(CN4CCC(n5c(=O)[nH]c6ccccc65)CC4)C(c4ccccc4)C(c4ccc(CO)cc4)O3)cc2)C(OC(C)=O)C(OC(C)=O)C1OC(C)=O. The Morgan fingerprint density at radius 3 is 1.94 bits per heavy atom. The van der Waals surface area contributed by atoms with Crippen LogP contribution in [0, 0.1) is 0 Å². The van der Waals surface area contributed by atoms with Gasteiger partial charge in [-0.15, -0.1) is 0 Å². The number of imidazole rings is 1. The van der Waals surface area contributed by atoms with Crippen LogP contribution in [0.25, 0.3) is 11.0 Å². The first-order valence-corrected chi connectivity index (χ1v) is 24.3. The van der Waals surface area contributed by atoms with E-state index in [4.69, 9.17) is 45.4 Å². The zero-order chi connectivity index (χ0) is 50.2. The Bertz CT molecular complexity index is 2700. The minimum atomic E-state index is -1.29. The number of likely N-dealkylation sites (tertiary alicyclic amines) is 1. The van der Waals surface area contributed by atoms with Gasteiger partial charge in [0.2, 0.25) is 0 Å². The molecule has 3 N–H and O–H groups in total. The number of hydrogen-bond donors (Lipinski definition) is 3. The molecule has 4 heterocycles. The van der Waals surface area contributed by atoms with Gasteiger partial charge < -0.3 is 53.5 Å². The number of aromatic nitrogens is 2. The third kappa shape index (κ3) is 12.6. The van der Waals surface area contributed by atoms with Gasteiger partial charge in [0.15, 0.2) is 24.6 Å². The van der Waals surface area contributed by atoms with E-state index in [2.05, 4.69) is 27.3 Å². The van der Waals surface area contributed by atoms with Crippen molar-refractivity contribution in [3.05, 3.63) is 141 Å². The Balaban J connectivity index is 0.988. The Hall–Kier alpha value is -6.28. The van der Waals surface area contributed by atoms with E-state index in [1.807, 2.05) is 95.6 Å². The van der Waals surface area contributed by atoms with Gasteiger partial charge in [0.05, 0.1) is 34.8 Å². The van der Waals surface area contributed by atoms with E-state index in [1.165, 1.54) is 27.7 Å². The lowest BCUT2D eigenvalue weighted by molar-refractivity contribution is -0.264. The van der Waals surface area contributed by atoms with Crippen LogP contribution in [0.1, 0.15) is 99.1 Å². The lowest BCUT2D eigenvalue weighted by Gasteiger charge is -2.45. The molecule has 0 aliphatic carbocycles. The highest BCUT2D eigenvalue weighted by atomic mass is 32.1. The molecule has 3 fully saturated rings. The zero-order valence-electron chi connectivity index (χ0n) is 40.1. The predicted octanol–water partition coefficient (Wildman–Crippen LogP) is 6.03. The van der Waals surface area contributed by atoms with E-state index in [1.54, 1.807) is 0 Å². The number of benzene rings is 4. The molecule has 9 atom stereocenters. The minimum absolute atomic E-state index is 0.000105. The van der Waals surface area contributed by atoms with Crippen LogP contribution in [0.3, 0.4) is 0 Å². The second-order valence-corrected chi connectivity index (χ2v) is 18.7. The molecule has 17 nitrogen and oxygen atoms in total. The van der Waals surface area contributed by atoms with Gasteiger partial charge in [-0.2, -0.15) is 0 Å². The normalized spacial score (nSPS) is 24.9. The molecule has 71 heavy (non-hydrogen) atoms. The fourth-order valence-electron chi connectivity index (χ4n) is 9.95. The second kappa shape index (κ2) is 23.3. The lowest BCUT2D eigenvalue weighted by atomic mass is 9.83. The summed E-state index contributed by atoms with van der Waals surface area (Å²) in [6.45, 7) is 6.80. The number of carbonyl (C=O) groups is 4. The topological polar surface area (TPSA) is 206 Å². The number of fused-ring (bicyclic) bond motifs is 1. The Morgan fingerprint density at radius 2 is 1.30 bits per heavy atom. The quantitative estimate of drug-likeness (QED) is 0.0586. The molecule has 376 valence electrons. The summed E-state index contributed by atoms with van der Waals surface area (Å²) in [5, 5.41) is 13.1. The van der Waals surface area contributed by atoms with E-state index in [9.17, 15) is 29.1 Å². The number of carbonyl (C=O) groups excluding carboxylic acids is 4. The van der Waals surface area contributed by atoms with Gasteiger partial charge >= 0.3 is 29.6 Å². The second-order valence-electron chi connectivity index (χ2n) is 18.2. The van der Waals surface area contributed by atoms with Crippen LogP contribution in [0.2, 0.25) is 0 Å². The van der Waals surface area contributed by atoms with Gasteiger partial charge in [-0.25, -0.2) is 4.79 Å². The van der Waals surface area contributed by atoms with E-state index < -0.39 is 66.8 Å². The van der Waals surface area contributed by atoms with Crippen molar-refractivity contribution < 1.29 is 57.4 Å². The average Bonchev–Trinajstić information content (AvgIpc) is 3.70. The third-order valence-corrected chi connectivity index (χ3v) is 13.5.